The highest BCUT2D eigenvalue weighted by molar-refractivity contribution is 6.76. The fourth-order valence-electron chi connectivity index (χ4n) is 3.10. The number of hydrogen-bond acceptors (Lipinski definition) is 4. The Kier molecular flexibility index (Phi) is 6.77. The number of rotatable bonds is 4. The number of esters is 1. The molecule has 2 rings (SSSR count). The van der Waals surface area contributed by atoms with Crippen molar-refractivity contribution >= 4 is 46.5 Å². The van der Waals surface area contributed by atoms with Crippen LogP contribution in [0.4, 0.5) is 0 Å². The molecule has 0 saturated carbocycles. The van der Waals surface area contributed by atoms with Crippen LogP contribution in [-0.2, 0) is 9.47 Å². The molecule has 1 N–H and O–H groups in total. The van der Waals surface area contributed by atoms with Crippen LogP contribution in [0.25, 0.3) is 0 Å². The highest BCUT2D eigenvalue weighted by Crippen LogP contribution is 2.39. The van der Waals surface area contributed by atoms with Gasteiger partial charge in [-0.25, -0.2) is 4.79 Å². The van der Waals surface area contributed by atoms with Crippen LogP contribution in [0, 0.1) is 17.2 Å². The van der Waals surface area contributed by atoms with E-state index < -0.39 is 22.0 Å². The van der Waals surface area contributed by atoms with E-state index in [9.17, 15) is 4.79 Å². The van der Waals surface area contributed by atoms with E-state index in [1.54, 1.807) is 24.3 Å². The molecule has 1 fully saturated rings. The molecular weight excluding hydrogens is 385 g/mol. The molecule has 4 nitrogen and oxygen atoms in total. The van der Waals surface area contributed by atoms with Crippen LogP contribution in [0.5, 0.6) is 0 Å². The normalized spacial score (nSPS) is 29.9. The molecule has 1 heterocycles. The van der Waals surface area contributed by atoms with Crippen molar-refractivity contribution in [3.8, 4) is 0 Å². The maximum absolute atomic E-state index is 12.5. The average molecular weight is 407 g/mol. The van der Waals surface area contributed by atoms with Crippen LogP contribution in [0.15, 0.2) is 30.3 Å². The summed E-state index contributed by atoms with van der Waals surface area (Å²) in [6.07, 6.45) is -0.932. The average Bonchev–Trinajstić information content (AvgIpc) is 2.58. The van der Waals surface area contributed by atoms with Gasteiger partial charge in [0.05, 0.1) is 17.4 Å². The molecule has 0 spiro atoms. The number of alkyl halides is 3. The third-order valence-electron chi connectivity index (χ3n) is 4.80. The molecule has 138 valence electrons. The van der Waals surface area contributed by atoms with Crippen molar-refractivity contribution in [3.05, 3.63) is 35.9 Å². The summed E-state index contributed by atoms with van der Waals surface area (Å²) in [4.78, 5) is 12.5. The highest BCUT2D eigenvalue weighted by atomic mass is 35.6. The van der Waals surface area contributed by atoms with Crippen molar-refractivity contribution in [1.82, 2.24) is 0 Å². The van der Waals surface area contributed by atoms with Gasteiger partial charge in [-0.15, -0.1) is 0 Å². The van der Waals surface area contributed by atoms with Crippen molar-refractivity contribution in [2.24, 2.45) is 11.8 Å². The number of benzene rings is 1. The molecule has 0 radical (unpaired) electrons. The van der Waals surface area contributed by atoms with Crippen molar-refractivity contribution in [3.63, 3.8) is 0 Å². The monoisotopic (exact) mass is 405 g/mol. The number of halogens is 3. The van der Waals surface area contributed by atoms with Crippen molar-refractivity contribution < 1.29 is 14.3 Å². The van der Waals surface area contributed by atoms with E-state index in [4.69, 9.17) is 49.7 Å². The number of nitrogens with one attached hydrogen (secondary N) is 1. The quantitative estimate of drug-likeness (QED) is 0.432. The maximum Gasteiger partial charge on any atom is 0.338 e. The lowest BCUT2D eigenvalue weighted by atomic mass is 9.79. The molecular formula is C18H22Cl3NO3. The molecule has 5 unspecified atom stereocenters. The third kappa shape index (κ3) is 4.68. The fourth-order valence-corrected chi connectivity index (χ4v) is 3.42. The molecule has 0 amide bonds. The Morgan fingerprint density at radius 2 is 1.80 bits per heavy atom. The van der Waals surface area contributed by atoms with E-state index in [-0.39, 0.29) is 23.7 Å². The molecule has 5 atom stereocenters. The number of carbonyl (C=O) groups excluding carboxylic acids is 1. The van der Waals surface area contributed by atoms with Gasteiger partial charge in [0.2, 0.25) is 3.79 Å². The first-order valence-corrected chi connectivity index (χ1v) is 9.37. The minimum Gasteiger partial charge on any atom is -0.455 e. The summed E-state index contributed by atoms with van der Waals surface area (Å²) in [5.41, 5.74) is 0.208. The summed E-state index contributed by atoms with van der Waals surface area (Å²) in [7, 11) is 0. The zero-order valence-corrected chi connectivity index (χ0v) is 16.6. The van der Waals surface area contributed by atoms with E-state index in [1.807, 2.05) is 26.8 Å². The van der Waals surface area contributed by atoms with E-state index in [1.165, 1.54) is 0 Å². The molecule has 0 aliphatic carbocycles. The molecule has 0 aromatic heterocycles. The largest absolute Gasteiger partial charge is 0.455 e. The van der Waals surface area contributed by atoms with Crippen LogP contribution < -0.4 is 0 Å². The lowest BCUT2D eigenvalue weighted by molar-refractivity contribution is -0.146. The first kappa shape index (κ1) is 20.5. The van der Waals surface area contributed by atoms with E-state index in [2.05, 4.69) is 0 Å². The molecule has 1 aliphatic rings. The predicted molar refractivity (Wildman–Crippen MR) is 101 cm³/mol. The Morgan fingerprint density at radius 1 is 1.20 bits per heavy atom. The summed E-state index contributed by atoms with van der Waals surface area (Å²) in [6.45, 7) is 6.01. The smallest absolute Gasteiger partial charge is 0.338 e. The van der Waals surface area contributed by atoms with Crippen LogP contribution in [0.2, 0.25) is 0 Å². The molecule has 1 saturated heterocycles. The van der Waals surface area contributed by atoms with E-state index >= 15 is 0 Å². The van der Waals surface area contributed by atoms with Crippen LogP contribution in [0.1, 0.15) is 37.6 Å². The summed E-state index contributed by atoms with van der Waals surface area (Å²) >= 11 is 17.7. The maximum atomic E-state index is 12.5. The van der Waals surface area contributed by atoms with Gasteiger partial charge in [0, 0.05) is 5.92 Å². The van der Waals surface area contributed by atoms with E-state index in [0.29, 0.717) is 5.56 Å². The van der Waals surface area contributed by atoms with Crippen LogP contribution in [-0.4, -0.2) is 33.8 Å². The minimum atomic E-state index is -1.92. The molecule has 1 aromatic carbocycles. The lowest BCUT2D eigenvalue weighted by Crippen LogP contribution is -2.56. The zero-order chi connectivity index (χ0) is 18.8. The Bertz CT molecular complexity index is 618. The highest BCUT2D eigenvalue weighted by Gasteiger charge is 2.48. The Morgan fingerprint density at radius 3 is 2.32 bits per heavy atom. The van der Waals surface area contributed by atoms with Crippen molar-refractivity contribution in [2.75, 3.05) is 0 Å². The zero-order valence-electron chi connectivity index (χ0n) is 14.3. The SMILES string of the molecule is CCC1OC(C(=N)C(Cl)(Cl)Cl)C(OC(=O)c2ccccc2)C(C)C1C. The minimum absolute atomic E-state index is 0.0518. The second-order valence-corrected chi connectivity index (χ2v) is 8.65. The van der Waals surface area contributed by atoms with Gasteiger partial charge < -0.3 is 14.9 Å². The Balaban J connectivity index is 2.29. The first-order chi connectivity index (χ1) is 11.7. The molecule has 25 heavy (non-hydrogen) atoms. The second kappa shape index (κ2) is 8.26. The van der Waals surface area contributed by atoms with Gasteiger partial charge in [0.1, 0.15) is 12.2 Å². The standard InChI is InChI=1S/C18H22Cl3NO3/c1-4-13-10(2)11(3)14(15(24-13)16(22)18(19,20)21)25-17(23)12-8-6-5-7-9-12/h5-11,13-15,22H,4H2,1-3H3. The van der Waals surface area contributed by atoms with Gasteiger partial charge in [-0.2, -0.15) is 0 Å². The van der Waals surface area contributed by atoms with Crippen LogP contribution >= 0.6 is 34.8 Å². The van der Waals surface area contributed by atoms with Gasteiger partial charge in [0.25, 0.3) is 0 Å². The Hall–Kier alpha value is -0.810. The summed E-state index contributed by atoms with van der Waals surface area (Å²) in [5.74, 6) is -0.396. The van der Waals surface area contributed by atoms with Gasteiger partial charge in [-0.05, 0) is 24.5 Å². The number of ether oxygens (including phenoxy) is 2. The van der Waals surface area contributed by atoms with E-state index in [0.717, 1.165) is 6.42 Å². The number of hydrogen-bond donors (Lipinski definition) is 1. The predicted octanol–water partition coefficient (Wildman–Crippen LogP) is 5.05. The van der Waals surface area contributed by atoms with Gasteiger partial charge >= 0.3 is 5.97 Å². The summed E-state index contributed by atoms with van der Waals surface area (Å²) < 4.78 is 9.79. The molecule has 7 heteroatoms. The number of carbonyl (C=O) groups is 1. The lowest BCUT2D eigenvalue weighted by Gasteiger charge is -2.45. The Labute approximate surface area is 163 Å². The van der Waals surface area contributed by atoms with Gasteiger partial charge in [0.15, 0.2) is 0 Å². The first-order valence-electron chi connectivity index (χ1n) is 8.24. The second-order valence-electron chi connectivity index (χ2n) is 6.37. The van der Waals surface area contributed by atoms with Gasteiger partial charge in [-0.1, -0.05) is 73.8 Å². The van der Waals surface area contributed by atoms with Crippen molar-refractivity contribution in [2.45, 2.75) is 49.3 Å². The van der Waals surface area contributed by atoms with Crippen LogP contribution in [0.3, 0.4) is 0 Å². The molecule has 1 aliphatic heterocycles. The van der Waals surface area contributed by atoms with Gasteiger partial charge in [-0.3, -0.25) is 0 Å². The topological polar surface area (TPSA) is 59.4 Å². The summed E-state index contributed by atoms with van der Waals surface area (Å²) in [5, 5.41) is 8.22. The van der Waals surface area contributed by atoms with Crippen molar-refractivity contribution in [1.29, 1.82) is 5.41 Å². The fraction of sp³-hybridized carbons (Fsp3) is 0.556. The molecule has 1 aromatic rings. The third-order valence-corrected chi connectivity index (χ3v) is 5.41. The summed E-state index contributed by atoms with van der Waals surface area (Å²) in [6, 6.07) is 8.68. The molecule has 0 bridgehead atoms.